The van der Waals surface area contributed by atoms with E-state index in [-0.39, 0.29) is 0 Å². The predicted molar refractivity (Wildman–Crippen MR) is 75.8 cm³/mol. The molecule has 1 rings (SSSR count). The Morgan fingerprint density at radius 3 is 2.40 bits per heavy atom. The molecule has 0 bridgehead atoms. The summed E-state index contributed by atoms with van der Waals surface area (Å²) in [4.78, 5) is 25.9. The number of ether oxygens (including phenoxy) is 1. The van der Waals surface area contributed by atoms with Gasteiger partial charge in [0.15, 0.2) is 0 Å². The molecular formula is C15H17NO4. The van der Waals surface area contributed by atoms with Gasteiger partial charge in [-0.25, -0.2) is 9.59 Å². The highest BCUT2D eigenvalue weighted by Crippen LogP contribution is 2.08. The molecule has 1 aromatic rings. The summed E-state index contributed by atoms with van der Waals surface area (Å²) in [6.45, 7) is 5.38. The van der Waals surface area contributed by atoms with E-state index in [1.807, 2.05) is 0 Å². The number of carbonyl (C=O) groups excluding carboxylic acids is 1. The van der Waals surface area contributed by atoms with Crippen LogP contribution in [0.25, 0.3) is 12.2 Å². The molecule has 5 nitrogen and oxygen atoms in total. The number of aliphatic carboxylic acids is 1. The first kappa shape index (κ1) is 15.6. The van der Waals surface area contributed by atoms with Gasteiger partial charge in [0.2, 0.25) is 0 Å². The Morgan fingerprint density at radius 2 is 1.90 bits per heavy atom. The third kappa shape index (κ3) is 6.49. The molecule has 1 heterocycles. The lowest BCUT2D eigenvalue weighted by molar-refractivity contribution is -0.148. The molecule has 0 aliphatic heterocycles. The third-order valence-electron chi connectivity index (χ3n) is 2.02. The summed E-state index contributed by atoms with van der Waals surface area (Å²) < 4.78 is 5.12. The van der Waals surface area contributed by atoms with Crippen molar-refractivity contribution in [3.63, 3.8) is 0 Å². The highest BCUT2D eigenvalue weighted by Gasteiger charge is 2.13. The number of esters is 1. The molecule has 0 aliphatic carbocycles. The molecule has 0 atom stereocenters. The number of hydrogen-bond donors (Lipinski definition) is 1. The van der Waals surface area contributed by atoms with Crippen molar-refractivity contribution in [2.45, 2.75) is 26.4 Å². The van der Waals surface area contributed by atoms with Gasteiger partial charge < -0.3 is 9.84 Å². The van der Waals surface area contributed by atoms with Crippen LogP contribution in [-0.4, -0.2) is 27.6 Å². The normalized spacial score (nSPS) is 11.9. The maximum absolute atomic E-state index is 11.5. The van der Waals surface area contributed by atoms with E-state index >= 15 is 0 Å². The molecule has 0 aliphatic rings. The fourth-order valence-corrected chi connectivity index (χ4v) is 1.27. The Kier molecular flexibility index (Phi) is 5.20. The van der Waals surface area contributed by atoms with Gasteiger partial charge in [-0.1, -0.05) is 6.07 Å². The first-order valence-corrected chi connectivity index (χ1v) is 6.04. The lowest BCUT2D eigenvalue weighted by Crippen LogP contribution is -2.22. The van der Waals surface area contributed by atoms with E-state index in [2.05, 4.69) is 4.98 Å². The second-order valence-electron chi connectivity index (χ2n) is 5.05. The average Bonchev–Trinajstić information content (AvgIpc) is 2.33. The predicted octanol–water partition coefficient (Wildman–Crippen LogP) is 2.53. The third-order valence-corrected chi connectivity index (χ3v) is 2.02. The second-order valence-corrected chi connectivity index (χ2v) is 5.05. The highest BCUT2D eigenvalue weighted by atomic mass is 16.6. The van der Waals surface area contributed by atoms with E-state index < -0.39 is 17.5 Å². The Balaban J connectivity index is 2.66. The molecule has 0 unspecified atom stereocenters. The van der Waals surface area contributed by atoms with Crippen LogP contribution in [0.4, 0.5) is 0 Å². The van der Waals surface area contributed by atoms with Crippen LogP contribution in [0.15, 0.2) is 30.5 Å². The standard InChI is InChI=1S/C15H17NO4/c1-15(2,3)20-14(19)9-7-12-6-4-11(10-16-12)5-8-13(17)18/h4-10H,1-3H3,(H,17,18)/b8-5+,9-7+. The maximum atomic E-state index is 11.5. The average molecular weight is 275 g/mol. The van der Waals surface area contributed by atoms with Crippen LogP contribution in [0.2, 0.25) is 0 Å². The van der Waals surface area contributed by atoms with Crippen molar-refractivity contribution in [3.05, 3.63) is 41.7 Å². The molecule has 20 heavy (non-hydrogen) atoms. The Morgan fingerprint density at radius 1 is 1.20 bits per heavy atom. The van der Waals surface area contributed by atoms with Crippen molar-refractivity contribution in [2.75, 3.05) is 0 Å². The number of carboxylic acid groups (broad SMARTS) is 1. The van der Waals surface area contributed by atoms with E-state index in [4.69, 9.17) is 9.84 Å². The molecule has 106 valence electrons. The minimum Gasteiger partial charge on any atom is -0.478 e. The summed E-state index contributed by atoms with van der Waals surface area (Å²) in [5.41, 5.74) is 0.727. The van der Waals surface area contributed by atoms with Gasteiger partial charge >= 0.3 is 11.9 Å². The summed E-state index contributed by atoms with van der Waals surface area (Å²) in [5, 5.41) is 8.50. The molecule has 0 saturated heterocycles. The summed E-state index contributed by atoms with van der Waals surface area (Å²) >= 11 is 0. The zero-order chi connectivity index (χ0) is 15.2. The van der Waals surface area contributed by atoms with Crippen LogP contribution in [0.3, 0.4) is 0 Å². The van der Waals surface area contributed by atoms with Crippen LogP contribution < -0.4 is 0 Å². The number of hydrogen-bond acceptors (Lipinski definition) is 4. The zero-order valence-corrected chi connectivity index (χ0v) is 11.7. The number of nitrogens with zero attached hydrogens (tertiary/aromatic N) is 1. The molecule has 0 spiro atoms. The Hall–Kier alpha value is -2.43. The van der Waals surface area contributed by atoms with E-state index in [0.29, 0.717) is 11.3 Å². The minimum atomic E-state index is -1.01. The van der Waals surface area contributed by atoms with Crippen molar-refractivity contribution in [1.29, 1.82) is 0 Å². The Bertz CT molecular complexity index is 536. The number of aromatic nitrogens is 1. The van der Waals surface area contributed by atoms with Crippen molar-refractivity contribution in [1.82, 2.24) is 4.98 Å². The molecule has 0 saturated carbocycles. The fourth-order valence-electron chi connectivity index (χ4n) is 1.27. The van der Waals surface area contributed by atoms with Crippen molar-refractivity contribution in [3.8, 4) is 0 Å². The summed E-state index contributed by atoms with van der Waals surface area (Å²) in [6.07, 6.45) is 6.84. The van der Waals surface area contributed by atoms with E-state index in [1.165, 1.54) is 18.3 Å². The SMILES string of the molecule is CC(C)(C)OC(=O)/C=C/c1ccc(/C=C/C(=O)O)cn1. The summed E-state index contributed by atoms with van der Waals surface area (Å²) in [6, 6.07) is 3.39. The number of rotatable bonds is 4. The molecule has 5 heteroatoms. The van der Waals surface area contributed by atoms with Gasteiger partial charge in [-0.2, -0.15) is 0 Å². The first-order valence-electron chi connectivity index (χ1n) is 6.04. The number of carbonyl (C=O) groups is 2. The highest BCUT2D eigenvalue weighted by molar-refractivity contribution is 5.87. The lowest BCUT2D eigenvalue weighted by Gasteiger charge is -2.17. The fraction of sp³-hybridized carbons (Fsp3) is 0.267. The smallest absolute Gasteiger partial charge is 0.331 e. The molecule has 0 fully saturated rings. The summed E-state index contributed by atoms with van der Waals surface area (Å²) in [7, 11) is 0. The second kappa shape index (κ2) is 6.65. The van der Waals surface area contributed by atoms with E-state index in [0.717, 1.165) is 6.08 Å². The van der Waals surface area contributed by atoms with Crippen molar-refractivity contribution in [2.24, 2.45) is 0 Å². The van der Waals surface area contributed by atoms with Crippen molar-refractivity contribution >= 4 is 24.1 Å². The van der Waals surface area contributed by atoms with Gasteiger partial charge in [-0.05, 0) is 44.6 Å². The number of pyridine rings is 1. The van der Waals surface area contributed by atoms with Crippen LogP contribution >= 0.6 is 0 Å². The minimum absolute atomic E-state index is 0.436. The topological polar surface area (TPSA) is 76.5 Å². The van der Waals surface area contributed by atoms with Gasteiger partial charge in [0, 0.05) is 18.3 Å². The van der Waals surface area contributed by atoms with Crippen molar-refractivity contribution < 1.29 is 19.4 Å². The first-order chi connectivity index (χ1) is 9.26. The van der Waals surface area contributed by atoms with Gasteiger partial charge in [-0.3, -0.25) is 4.98 Å². The maximum Gasteiger partial charge on any atom is 0.331 e. The van der Waals surface area contributed by atoms with Crippen LogP contribution in [0.5, 0.6) is 0 Å². The largest absolute Gasteiger partial charge is 0.478 e. The van der Waals surface area contributed by atoms with Crippen LogP contribution in [-0.2, 0) is 14.3 Å². The van der Waals surface area contributed by atoms with Gasteiger partial charge in [-0.15, -0.1) is 0 Å². The monoisotopic (exact) mass is 275 g/mol. The molecule has 0 aromatic carbocycles. The molecule has 1 aromatic heterocycles. The van der Waals surface area contributed by atoms with E-state index in [9.17, 15) is 9.59 Å². The number of carboxylic acids is 1. The quantitative estimate of drug-likeness (QED) is 0.675. The lowest BCUT2D eigenvalue weighted by atomic mass is 10.2. The van der Waals surface area contributed by atoms with Gasteiger partial charge in [0.25, 0.3) is 0 Å². The molecule has 0 amide bonds. The molecule has 1 N–H and O–H groups in total. The van der Waals surface area contributed by atoms with Crippen LogP contribution in [0.1, 0.15) is 32.0 Å². The van der Waals surface area contributed by atoms with E-state index in [1.54, 1.807) is 39.0 Å². The molecule has 0 radical (unpaired) electrons. The Labute approximate surface area is 117 Å². The zero-order valence-electron chi connectivity index (χ0n) is 11.7. The van der Waals surface area contributed by atoms with Gasteiger partial charge in [0.1, 0.15) is 5.60 Å². The molecular weight excluding hydrogens is 258 g/mol. The summed E-state index contributed by atoms with van der Waals surface area (Å²) in [5.74, 6) is -1.45. The van der Waals surface area contributed by atoms with Crippen LogP contribution in [0, 0.1) is 0 Å². The van der Waals surface area contributed by atoms with Gasteiger partial charge in [0.05, 0.1) is 5.69 Å².